The number of amides is 3. The second kappa shape index (κ2) is 10.6. The van der Waals surface area contributed by atoms with Crippen LogP contribution in [0.25, 0.3) is 0 Å². The molecule has 3 N–H and O–H groups in total. The zero-order chi connectivity index (χ0) is 17.9. The molecule has 0 spiro atoms. The van der Waals surface area contributed by atoms with Gasteiger partial charge < -0.3 is 15.7 Å². The number of rotatable bonds is 7. The van der Waals surface area contributed by atoms with Crippen LogP contribution >= 0.6 is 0 Å². The van der Waals surface area contributed by atoms with Gasteiger partial charge in [0.1, 0.15) is 6.17 Å². The van der Waals surface area contributed by atoms with Crippen molar-refractivity contribution in [2.24, 2.45) is 0 Å². The lowest BCUT2D eigenvalue weighted by molar-refractivity contribution is -0.130. The Hall–Kier alpha value is -2.08. The largest absolute Gasteiger partial charge is 0.396 e. The van der Waals surface area contributed by atoms with Crippen LogP contribution in [-0.4, -0.2) is 41.3 Å². The number of carbonyl (C=O) groups is 2. The van der Waals surface area contributed by atoms with Gasteiger partial charge in [-0.15, -0.1) is 0 Å². The average molecular weight is 335 g/mol. The van der Waals surface area contributed by atoms with E-state index in [0.717, 1.165) is 24.1 Å². The third-order valence-electron chi connectivity index (χ3n) is 3.65. The van der Waals surface area contributed by atoms with Gasteiger partial charge in [0.15, 0.2) is 0 Å². The van der Waals surface area contributed by atoms with E-state index in [1.807, 2.05) is 45.0 Å². The summed E-state index contributed by atoms with van der Waals surface area (Å²) in [6.45, 7) is 6.62. The number of carbonyl (C=O) groups excluding carboxylic acids is 2. The van der Waals surface area contributed by atoms with Crippen LogP contribution in [-0.2, 0) is 11.2 Å². The predicted octanol–water partition coefficient (Wildman–Crippen LogP) is 2.73. The second-order valence-corrected chi connectivity index (χ2v) is 5.42. The maximum atomic E-state index is 12.0. The van der Waals surface area contributed by atoms with E-state index in [1.54, 1.807) is 0 Å². The molecular weight excluding hydrogens is 306 g/mol. The first kappa shape index (κ1) is 20.0. The van der Waals surface area contributed by atoms with Gasteiger partial charge in [-0.2, -0.15) is 0 Å². The summed E-state index contributed by atoms with van der Waals surface area (Å²) in [7, 11) is 0. The molecule has 1 aliphatic rings. The first-order valence-corrected chi connectivity index (χ1v) is 8.71. The standard InChI is InChI=1S/C16H23N3O3.C2H6/c1-2-3-9-19-15(21)11-14(18-16(19)22)17-13-6-4-12(5-7-13)8-10-20;1-2/h4-7,14,17,20H,2-3,8-11H2,1H3,(H,18,22);1-2H3. The fourth-order valence-corrected chi connectivity index (χ4v) is 2.40. The van der Waals surface area contributed by atoms with Crippen molar-refractivity contribution in [1.29, 1.82) is 0 Å². The number of anilines is 1. The minimum absolute atomic E-state index is 0.119. The minimum atomic E-state index is -0.387. The van der Waals surface area contributed by atoms with Gasteiger partial charge in [0, 0.05) is 18.8 Å². The van der Waals surface area contributed by atoms with Gasteiger partial charge in [-0.25, -0.2) is 4.79 Å². The van der Waals surface area contributed by atoms with Gasteiger partial charge in [0.2, 0.25) is 5.91 Å². The molecule has 0 aliphatic carbocycles. The molecule has 1 aromatic rings. The van der Waals surface area contributed by atoms with Crippen LogP contribution in [0.15, 0.2) is 24.3 Å². The van der Waals surface area contributed by atoms with Crippen LogP contribution in [0.1, 0.15) is 45.6 Å². The summed E-state index contributed by atoms with van der Waals surface area (Å²) in [6, 6.07) is 7.26. The Morgan fingerprint density at radius 2 is 1.92 bits per heavy atom. The first-order chi connectivity index (χ1) is 11.6. The SMILES string of the molecule is CC.CCCCN1C(=O)CC(Nc2ccc(CCO)cc2)NC1=O. The Bertz CT molecular complexity index is 499. The van der Waals surface area contributed by atoms with Gasteiger partial charge in [-0.3, -0.25) is 9.69 Å². The Morgan fingerprint density at radius 1 is 1.25 bits per heavy atom. The molecule has 1 atom stereocenters. The van der Waals surface area contributed by atoms with E-state index >= 15 is 0 Å². The second-order valence-electron chi connectivity index (χ2n) is 5.42. The molecule has 0 aromatic heterocycles. The average Bonchev–Trinajstić information content (AvgIpc) is 2.58. The quantitative estimate of drug-likeness (QED) is 0.715. The molecule has 0 radical (unpaired) electrons. The van der Waals surface area contributed by atoms with Crippen LogP contribution in [0.4, 0.5) is 10.5 Å². The molecule has 6 nitrogen and oxygen atoms in total. The summed E-state index contributed by atoms with van der Waals surface area (Å²) < 4.78 is 0. The van der Waals surface area contributed by atoms with Gasteiger partial charge in [0.25, 0.3) is 0 Å². The van der Waals surface area contributed by atoms with E-state index in [0.29, 0.717) is 13.0 Å². The highest BCUT2D eigenvalue weighted by Gasteiger charge is 2.31. The smallest absolute Gasteiger partial charge is 0.325 e. The Labute approximate surface area is 144 Å². The summed E-state index contributed by atoms with van der Waals surface area (Å²) in [5, 5.41) is 14.8. The number of aliphatic hydroxyl groups excluding tert-OH is 1. The summed E-state index contributed by atoms with van der Waals surface area (Å²) in [6.07, 6.45) is 2.24. The normalized spacial score (nSPS) is 17.0. The van der Waals surface area contributed by atoms with Crippen molar-refractivity contribution >= 4 is 17.6 Å². The van der Waals surface area contributed by atoms with Gasteiger partial charge in [-0.05, 0) is 30.5 Å². The van der Waals surface area contributed by atoms with Crippen molar-refractivity contribution in [2.75, 3.05) is 18.5 Å². The third kappa shape index (κ3) is 5.85. The van der Waals surface area contributed by atoms with Crippen molar-refractivity contribution in [3.8, 4) is 0 Å². The van der Waals surface area contributed by atoms with Crippen molar-refractivity contribution in [3.63, 3.8) is 0 Å². The van der Waals surface area contributed by atoms with Gasteiger partial charge in [-0.1, -0.05) is 39.3 Å². The topological polar surface area (TPSA) is 81.7 Å². The van der Waals surface area contributed by atoms with Crippen LogP contribution in [0.2, 0.25) is 0 Å². The molecule has 24 heavy (non-hydrogen) atoms. The molecule has 134 valence electrons. The molecule has 3 amide bonds. The minimum Gasteiger partial charge on any atom is -0.396 e. The van der Waals surface area contributed by atoms with E-state index in [2.05, 4.69) is 10.6 Å². The fourth-order valence-electron chi connectivity index (χ4n) is 2.40. The molecule has 6 heteroatoms. The number of hydrogen-bond acceptors (Lipinski definition) is 4. The third-order valence-corrected chi connectivity index (χ3v) is 3.65. The molecule has 1 unspecified atom stereocenters. The lowest BCUT2D eigenvalue weighted by atomic mass is 10.1. The van der Waals surface area contributed by atoms with E-state index in [1.165, 1.54) is 4.90 Å². The lowest BCUT2D eigenvalue weighted by Gasteiger charge is -2.32. The number of aliphatic hydroxyl groups is 1. The highest BCUT2D eigenvalue weighted by atomic mass is 16.3. The molecule has 0 bridgehead atoms. The Balaban J connectivity index is 0.00000139. The Morgan fingerprint density at radius 3 is 2.46 bits per heavy atom. The number of imide groups is 1. The van der Waals surface area contributed by atoms with Crippen LogP contribution in [0, 0.1) is 0 Å². The van der Waals surface area contributed by atoms with Crippen LogP contribution < -0.4 is 10.6 Å². The Kier molecular flexibility index (Phi) is 8.86. The zero-order valence-corrected chi connectivity index (χ0v) is 14.8. The van der Waals surface area contributed by atoms with Gasteiger partial charge >= 0.3 is 6.03 Å². The first-order valence-electron chi connectivity index (χ1n) is 8.71. The number of hydrogen-bond donors (Lipinski definition) is 3. The molecule has 1 aliphatic heterocycles. The maximum Gasteiger partial charge on any atom is 0.325 e. The molecule has 1 aromatic carbocycles. The maximum absolute atomic E-state index is 12.0. The molecular formula is C18H29N3O3. The summed E-state index contributed by atoms with van der Waals surface area (Å²) in [5.41, 5.74) is 1.88. The van der Waals surface area contributed by atoms with Gasteiger partial charge in [0.05, 0.1) is 6.42 Å². The number of nitrogens with one attached hydrogen (secondary N) is 2. The summed E-state index contributed by atoms with van der Waals surface area (Å²) >= 11 is 0. The molecule has 1 fully saturated rings. The number of nitrogens with zero attached hydrogens (tertiary/aromatic N) is 1. The lowest BCUT2D eigenvalue weighted by Crippen LogP contribution is -2.57. The van der Waals surface area contributed by atoms with Crippen molar-refractivity contribution in [2.45, 2.75) is 52.6 Å². The summed E-state index contributed by atoms with van der Waals surface area (Å²) in [4.78, 5) is 25.3. The highest BCUT2D eigenvalue weighted by molar-refractivity contribution is 5.97. The van der Waals surface area contributed by atoms with E-state index in [-0.39, 0.29) is 31.1 Å². The van der Waals surface area contributed by atoms with Crippen molar-refractivity contribution in [1.82, 2.24) is 10.2 Å². The molecule has 0 saturated carbocycles. The highest BCUT2D eigenvalue weighted by Crippen LogP contribution is 2.15. The molecule has 2 rings (SSSR count). The van der Waals surface area contributed by atoms with Crippen molar-refractivity contribution < 1.29 is 14.7 Å². The van der Waals surface area contributed by atoms with Crippen LogP contribution in [0.3, 0.4) is 0 Å². The monoisotopic (exact) mass is 335 g/mol. The number of unbranched alkanes of at least 4 members (excludes halogenated alkanes) is 1. The van der Waals surface area contributed by atoms with E-state index in [9.17, 15) is 9.59 Å². The number of benzene rings is 1. The van der Waals surface area contributed by atoms with Crippen molar-refractivity contribution in [3.05, 3.63) is 29.8 Å². The van der Waals surface area contributed by atoms with Crippen LogP contribution in [0.5, 0.6) is 0 Å². The molecule has 1 saturated heterocycles. The zero-order valence-electron chi connectivity index (χ0n) is 14.8. The molecule has 1 heterocycles. The predicted molar refractivity (Wildman–Crippen MR) is 95.8 cm³/mol. The fraction of sp³-hybridized carbons (Fsp3) is 0.556. The van der Waals surface area contributed by atoms with E-state index in [4.69, 9.17) is 5.11 Å². The summed E-state index contributed by atoms with van der Waals surface area (Å²) in [5.74, 6) is -0.147. The van der Waals surface area contributed by atoms with E-state index < -0.39 is 0 Å². The number of urea groups is 1.